The van der Waals surface area contributed by atoms with Crippen LogP contribution in [0.15, 0.2) is 40.9 Å². The number of rotatable bonds is 2. The van der Waals surface area contributed by atoms with Crippen LogP contribution in [0, 0.1) is 6.92 Å². The van der Waals surface area contributed by atoms with Crippen LogP contribution in [0.1, 0.15) is 11.3 Å². The van der Waals surface area contributed by atoms with E-state index < -0.39 is 0 Å². The number of thiophene rings is 1. The van der Waals surface area contributed by atoms with E-state index in [4.69, 9.17) is 0 Å². The molecule has 0 aromatic carbocycles. The molecule has 90 valence electrons. The second kappa shape index (κ2) is 4.34. The van der Waals surface area contributed by atoms with Crippen LogP contribution in [0.2, 0.25) is 0 Å². The molecule has 3 rings (SSSR count). The molecule has 18 heavy (non-hydrogen) atoms. The second-order valence-corrected chi connectivity index (χ2v) is 4.97. The van der Waals surface area contributed by atoms with E-state index in [0.717, 1.165) is 16.8 Å². The molecule has 0 N–H and O–H groups in total. The lowest BCUT2D eigenvalue weighted by molar-refractivity contribution is 0.731. The van der Waals surface area contributed by atoms with Crippen LogP contribution in [0.3, 0.4) is 0 Å². The van der Waals surface area contributed by atoms with Crippen LogP contribution < -0.4 is 5.56 Å². The molecule has 0 radical (unpaired) electrons. The molecule has 3 aromatic heterocycles. The van der Waals surface area contributed by atoms with Gasteiger partial charge in [-0.2, -0.15) is 0 Å². The van der Waals surface area contributed by atoms with E-state index in [-0.39, 0.29) is 5.56 Å². The minimum absolute atomic E-state index is 0.00348. The van der Waals surface area contributed by atoms with E-state index in [1.54, 1.807) is 17.1 Å². The van der Waals surface area contributed by atoms with E-state index in [2.05, 4.69) is 9.97 Å². The summed E-state index contributed by atoms with van der Waals surface area (Å²) in [5.74, 6) is 0. The Morgan fingerprint density at radius 2 is 2.22 bits per heavy atom. The third-order valence-corrected chi connectivity index (χ3v) is 3.86. The topological polar surface area (TPSA) is 47.8 Å². The van der Waals surface area contributed by atoms with Gasteiger partial charge in [0.05, 0.1) is 24.1 Å². The minimum atomic E-state index is 0.00348. The molecule has 0 bridgehead atoms. The zero-order chi connectivity index (χ0) is 12.5. The molecule has 0 saturated heterocycles. The largest absolute Gasteiger partial charge is 0.292 e. The van der Waals surface area contributed by atoms with Crippen molar-refractivity contribution in [3.05, 3.63) is 57.7 Å². The van der Waals surface area contributed by atoms with Crippen LogP contribution in [-0.4, -0.2) is 14.5 Å². The van der Waals surface area contributed by atoms with Crippen molar-refractivity contribution < 1.29 is 0 Å². The highest BCUT2D eigenvalue weighted by atomic mass is 32.1. The maximum Gasteiger partial charge on any atom is 0.271 e. The fraction of sp³-hybridized carbons (Fsp3) is 0.154. The molecule has 3 heterocycles. The molecule has 0 amide bonds. The number of nitrogens with zero attached hydrogens (tertiary/aromatic N) is 3. The zero-order valence-corrected chi connectivity index (χ0v) is 10.6. The lowest BCUT2D eigenvalue weighted by Crippen LogP contribution is -2.20. The molecule has 0 aliphatic carbocycles. The van der Waals surface area contributed by atoms with E-state index in [0.29, 0.717) is 11.2 Å². The smallest absolute Gasteiger partial charge is 0.271 e. The molecule has 0 spiro atoms. The molecule has 0 atom stereocenters. The van der Waals surface area contributed by atoms with Gasteiger partial charge in [0.1, 0.15) is 4.70 Å². The average molecular weight is 257 g/mol. The van der Waals surface area contributed by atoms with Gasteiger partial charge >= 0.3 is 0 Å². The van der Waals surface area contributed by atoms with E-state index in [1.807, 2.05) is 30.5 Å². The van der Waals surface area contributed by atoms with Gasteiger partial charge in [-0.25, -0.2) is 4.98 Å². The number of fused-ring (bicyclic) bond motifs is 1. The standard InChI is InChI=1S/C13H11N3OS/c1-9-7-18-12-11(9)15-8-16(13(12)17)6-10-4-2-3-5-14-10/h2-5,7-8H,6H2,1H3. The third kappa shape index (κ3) is 1.82. The lowest BCUT2D eigenvalue weighted by atomic mass is 10.3. The maximum atomic E-state index is 12.3. The van der Waals surface area contributed by atoms with Crippen molar-refractivity contribution in [1.82, 2.24) is 14.5 Å². The summed E-state index contributed by atoms with van der Waals surface area (Å²) in [5, 5.41) is 1.96. The van der Waals surface area contributed by atoms with Crippen molar-refractivity contribution in [2.24, 2.45) is 0 Å². The first-order valence-corrected chi connectivity index (χ1v) is 6.47. The number of pyridine rings is 1. The Kier molecular flexibility index (Phi) is 2.68. The molecule has 0 fully saturated rings. The Hall–Kier alpha value is -2.01. The number of aryl methyl sites for hydroxylation is 1. The predicted molar refractivity (Wildman–Crippen MR) is 72.0 cm³/mol. The molecular weight excluding hydrogens is 246 g/mol. The van der Waals surface area contributed by atoms with Gasteiger partial charge in [-0.05, 0) is 30.0 Å². The Balaban J connectivity index is 2.08. The number of aromatic nitrogens is 3. The number of hydrogen-bond acceptors (Lipinski definition) is 4. The van der Waals surface area contributed by atoms with Crippen LogP contribution in [0.4, 0.5) is 0 Å². The summed E-state index contributed by atoms with van der Waals surface area (Å²) >= 11 is 1.45. The highest BCUT2D eigenvalue weighted by Crippen LogP contribution is 2.19. The number of hydrogen-bond donors (Lipinski definition) is 0. The molecule has 3 aromatic rings. The predicted octanol–water partition coefficient (Wildman–Crippen LogP) is 2.21. The van der Waals surface area contributed by atoms with Gasteiger partial charge in [-0.1, -0.05) is 6.07 Å². The second-order valence-electron chi connectivity index (χ2n) is 4.10. The van der Waals surface area contributed by atoms with E-state index in [1.165, 1.54) is 11.3 Å². The molecule has 0 unspecified atom stereocenters. The van der Waals surface area contributed by atoms with Gasteiger partial charge in [0.25, 0.3) is 5.56 Å². The van der Waals surface area contributed by atoms with Crippen molar-refractivity contribution in [2.75, 3.05) is 0 Å². The SMILES string of the molecule is Cc1csc2c(=O)n(Cc3ccccn3)cnc12. The van der Waals surface area contributed by atoms with Gasteiger partial charge in [-0.3, -0.25) is 14.3 Å². The van der Waals surface area contributed by atoms with Crippen molar-refractivity contribution >= 4 is 21.6 Å². The summed E-state index contributed by atoms with van der Waals surface area (Å²) in [6, 6.07) is 5.67. The normalized spacial score (nSPS) is 10.9. The Morgan fingerprint density at radius 3 is 3.00 bits per heavy atom. The summed E-state index contributed by atoms with van der Waals surface area (Å²) in [5.41, 5.74) is 2.72. The summed E-state index contributed by atoms with van der Waals surface area (Å²) < 4.78 is 2.31. The third-order valence-electron chi connectivity index (χ3n) is 2.78. The van der Waals surface area contributed by atoms with Crippen molar-refractivity contribution in [2.45, 2.75) is 13.5 Å². The molecule has 5 heteroatoms. The van der Waals surface area contributed by atoms with Crippen molar-refractivity contribution in [3.63, 3.8) is 0 Å². The average Bonchev–Trinajstić information content (AvgIpc) is 2.77. The van der Waals surface area contributed by atoms with Crippen LogP contribution >= 0.6 is 11.3 Å². The molecule has 0 aliphatic rings. The lowest BCUT2D eigenvalue weighted by Gasteiger charge is -2.04. The maximum absolute atomic E-state index is 12.3. The highest BCUT2D eigenvalue weighted by molar-refractivity contribution is 7.17. The first-order valence-electron chi connectivity index (χ1n) is 5.59. The molecular formula is C13H11N3OS. The summed E-state index contributed by atoms with van der Waals surface area (Å²) in [6.07, 6.45) is 3.32. The van der Waals surface area contributed by atoms with E-state index in [9.17, 15) is 4.79 Å². The monoisotopic (exact) mass is 257 g/mol. The highest BCUT2D eigenvalue weighted by Gasteiger charge is 2.08. The Bertz CT molecular complexity index is 746. The van der Waals surface area contributed by atoms with Crippen LogP contribution in [-0.2, 0) is 6.54 Å². The van der Waals surface area contributed by atoms with Crippen molar-refractivity contribution in [1.29, 1.82) is 0 Å². The quantitative estimate of drug-likeness (QED) is 0.707. The Labute approximate surface area is 108 Å². The summed E-state index contributed by atoms with van der Waals surface area (Å²) in [4.78, 5) is 20.8. The van der Waals surface area contributed by atoms with E-state index >= 15 is 0 Å². The van der Waals surface area contributed by atoms with Gasteiger partial charge in [0.2, 0.25) is 0 Å². The van der Waals surface area contributed by atoms with Crippen LogP contribution in [0.5, 0.6) is 0 Å². The summed E-state index contributed by atoms with van der Waals surface area (Å²) in [7, 11) is 0. The first-order chi connectivity index (χ1) is 8.75. The fourth-order valence-electron chi connectivity index (χ4n) is 1.84. The van der Waals surface area contributed by atoms with Crippen LogP contribution in [0.25, 0.3) is 10.2 Å². The fourth-order valence-corrected chi connectivity index (χ4v) is 2.79. The first kappa shape index (κ1) is 11.1. The van der Waals surface area contributed by atoms with Gasteiger partial charge in [-0.15, -0.1) is 11.3 Å². The minimum Gasteiger partial charge on any atom is -0.292 e. The zero-order valence-electron chi connectivity index (χ0n) is 9.83. The molecule has 0 aliphatic heterocycles. The molecule has 4 nitrogen and oxygen atoms in total. The Morgan fingerprint density at radius 1 is 1.33 bits per heavy atom. The van der Waals surface area contributed by atoms with Gasteiger partial charge in [0.15, 0.2) is 0 Å². The van der Waals surface area contributed by atoms with Gasteiger partial charge < -0.3 is 0 Å². The summed E-state index contributed by atoms with van der Waals surface area (Å²) in [6.45, 7) is 2.42. The van der Waals surface area contributed by atoms with Crippen molar-refractivity contribution in [3.8, 4) is 0 Å². The molecule has 0 saturated carbocycles. The van der Waals surface area contributed by atoms with Gasteiger partial charge in [0, 0.05) is 6.20 Å².